The predicted octanol–water partition coefficient (Wildman–Crippen LogP) is 1.18. The molecule has 0 aromatic heterocycles. The lowest BCUT2D eigenvalue weighted by Crippen LogP contribution is -2.07. The van der Waals surface area contributed by atoms with Crippen LogP contribution in [0.15, 0.2) is 18.2 Å². The molecule has 13 heavy (non-hydrogen) atoms. The Labute approximate surface area is 77.1 Å². The Kier molecular flexibility index (Phi) is 3.54. The summed E-state index contributed by atoms with van der Waals surface area (Å²) in [6.45, 7) is 0.334. The molecule has 0 bridgehead atoms. The van der Waals surface area contributed by atoms with Gasteiger partial charge in [-0.15, -0.1) is 0 Å². The Bertz CT molecular complexity index is 276. The lowest BCUT2D eigenvalue weighted by atomic mass is 10.2. The van der Waals surface area contributed by atoms with E-state index in [1.54, 1.807) is 26.4 Å². The maximum atomic E-state index is 8.56. The van der Waals surface area contributed by atoms with Gasteiger partial charge in [0.15, 0.2) is 0 Å². The van der Waals surface area contributed by atoms with Gasteiger partial charge in [0.05, 0.1) is 14.2 Å². The number of nitrogens with one attached hydrogen (secondary N) is 1. The van der Waals surface area contributed by atoms with Crippen molar-refractivity contribution in [3.8, 4) is 11.5 Å². The van der Waals surface area contributed by atoms with Crippen LogP contribution in [0.4, 0.5) is 0 Å². The molecule has 0 aliphatic carbocycles. The van der Waals surface area contributed by atoms with E-state index in [1.807, 2.05) is 6.07 Å². The SMILES string of the molecule is COc1ccc(OC)c(CNO)c1. The Hall–Kier alpha value is -1.26. The zero-order chi connectivity index (χ0) is 9.68. The smallest absolute Gasteiger partial charge is 0.123 e. The molecular formula is C9H13NO3. The molecule has 0 aliphatic heterocycles. The fraction of sp³-hybridized carbons (Fsp3) is 0.333. The monoisotopic (exact) mass is 183 g/mol. The third-order valence-corrected chi connectivity index (χ3v) is 1.76. The van der Waals surface area contributed by atoms with Gasteiger partial charge in [-0.2, -0.15) is 0 Å². The minimum absolute atomic E-state index is 0.334. The van der Waals surface area contributed by atoms with Crippen molar-refractivity contribution in [1.29, 1.82) is 0 Å². The molecule has 0 radical (unpaired) electrons. The van der Waals surface area contributed by atoms with Crippen molar-refractivity contribution in [2.75, 3.05) is 14.2 Å². The second-order valence-corrected chi connectivity index (χ2v) is 2.51. The summed E-state index contributed by atoms with van der Waals surface area (Å²) in [7, 11) is 3.18. The van der Waals surface area contributed by atoms with Crippen LogP contribution in [-0.4, -0.2) is 19.4 Å². The molecule has 2 N–H and O–H groups in total. The molecule has 0 amide bonds. The second-order valence-electron chi connectivity index (χ2n) is 2.51. The number of benzene rings is 1. The molecule has 0 saturated heterocycles. The van der Waals surface area contributed by atoms with Crippen LogP contribution in [0.25, 0.3) is 0 Å². The zero-order valence-electron chi connectivity index (χ0n) is 7.70. The number of hydroxylamine groups is 1. The number of hydrogen-bond donors (Lipinski definition) is 2. The summed E-state index contributed by atoms with van der Waals surface area (Å²) in [5.74, 6) is 1.47. The lowest BCUT2D eigenvalue weighted by Gasteiger charge is -2.09. The van der Waals surface area contributed by atoms with Crippen molar-refractivity contribution in [1.82, 2.24) is 5.48 Å². The molecule has 1 rings (SSSR count). The van der Waals surface area contributed by atoms with Gasteiger partial charge in [-0.25, -0.2) is 5.48 Å². The fourth-order valence-electron chi connectivity index (χ4n) is 1.11. The molecule has 72 valence electrons. The van der Waals surface area contributed by atoms with Gasteiger partial charge in [-0.05, 0) is 18.2 Å². The van der Waals surface area contributed by atoms with E-state index in [9.17, 15) is 0 Å². The van der Waals surface area contributed by atoms with Gasteiger partial charge in [0.25, 0.3) is 0 Å². The average molecular weight is 183 g/mol. The van der Waals surface area contributed by atoms with Crippen LogP contribution in [0.2, 0.25) is 0 Å². The van der Waals surface area contributed by atoms with E-state index in [1.165, 1.54) is 0 Å². The summed E-state index contributed by atoms with van der Waals surface area (Å²) < 4.78 is 10.1. The van der Waals surface area contributed by atoms with E-state index in [0.29, 0.717) is 6.54 Å². The molecular weight excluding hydrogens is 170 g/mol. The number of hydrogen-bond acceptors (Lipinski definition) is 4. The van der Waals surface area contributed by atoms with E-state index in [4.69, 9.17) is 14.7 Å². The summed E-state index contributed by atoms with van der Waals surface area (Å²) in [6.07, 6.45) is 0. The van der Waals surface area contributed by atoms with Gasteiger partial charge in [-0.3, -0.25) is 0 Å². The number of methoxy groups -OCH3 is 2. The number of rotatable bonds is 4. The molecule has 0 atom stereocenters. The van der Waals surface area contributed by atoms with Crippen LogP contribution in [0.3, 0.4) is 0 Å². The third kappa shape index (κ3) is 2.34. The average Bonchev–Trinajstić information content (AvgIpc) is 2.18. The van der Waals surface area contributed by atoms with Gasteiger partial charge in [0.1, 0.15) is 11.5 Å². The van der Waals surface area contributed by atoms with E-state index in [-0.39, 0.29) is 0 Å². The van der Waals surface area contributed by atoms with Crippen molar-refractivity contribution in [2.24, 2.45) is 0 Å². The molecule has 1 aromatic carbocycles. The normalized spacial score (nSPS) is 9.77. The van der Waals surface area contributed by atoms with Crippen molar-refractivity contribution >= 4 is 0 Å². The van der Waals surface area contributed by atoms with Crippen LogP contribution >= 0.6 is 0 Å². The van der Waals surface area contributed by atoms with Crippen molar-refractivity contribution in [3.05, 3.63) is 23.8 Å². The minimum atomic E-state index is 0.334. The van der Waals surface area contributed by atoms with Crippen LogP contribution in [0.5, 0.6) is 11.5 Å². The first-order valence-electron chi connectivity index (χ1n) is 3.89. The first-order chi connectivity index (χ1) is 6.31. The Balaban J connectivity index is 2.95. The maximum absolute atomic E-state index is 8.56. The maximum Gasteiger partial charge on any atom is 0.123 e. The van der Waals surface area contributed by atoms with Crippen molar-refractivity contribution in [3.63, 3.8) is 0 Å². The molecule has 0 heterocycles. The molecule has 4 heteroatoms. The zero-order valence-corrected chi connectivity index (χ0v) is 7.70. The predicted molar refractivity (Wildman–Crippen MR) is 48.2 cm³/mol. The Morgan fingerprint density at radius 1 is 1.31 bits per heavy atom. The summed E-state index contributed by atoms with van der Waals surface area (Å²) in [5.41, 5.74) is 2.93. The van der Waals surface area contributed by atoms with Crippen LogP contribution in [-0.2, 0) is 6.54 Å². The fourth-order valence-corrected chi connectivity index (χ4v) is 1.11. The van der Waals surface area contributed by atoms with E-state index in [0.717, 1.165) is 17.1 Å². The topological polar surface area (TPSA) is 50.7 Å². The Morgan fingerprint density at radius 3 is 2.62 bits per heavy atom. The van der Waals surface area contributed by atoms with Crippen molar-refractivity contribution in [2.45, 2.75) is 6.54 Å². The van der Waals surface area contributed by atoms with Gasteiger partial charge in [0, 0.05) is 12.1 Å². The van der Waals surface area contributed by atoms with Gasteiger partial charge in [0.2, 0.25) is 0 Å². The van der Waals surface area contributed by atoms with Crippen LogP contribution in [0.1, 0.15) is 5.56 Å². The second kappa shape index (κ2) is 4.69. The van der Waals surface area contributed by atoms with E-state index in [2.05, 4.69) is 5.48 Å². The standard InChI is InChI=1S/C9H13NO3/c1-12-8-3-4-9(13-2)7(5-8)6-10-11/h3-5,10-11H,6H2,1-2H3. The highest BCUT2D eigenvalue weighted by Crippen LogP contribution is 2.23. The number of ether oxygens (including phenoxy) is 2. The van der Waals surface area contributed by atoms with Gasteiger partial charge >= 0.3 is 0 Å². The van der Waals surface area contributed by atoms with Gasteiger partial charge in [-0.1, -0.05) is 0 Å². The highest BCUT2D eigenvalue weighted by atomic mass is 16.5. The molecule has 0 unspecified atom stereocenters. The van der Waals surface area contributed by atoms with E-state index < -0.39 is 0 Å². The summed E-state index contributed by atoms with van der Waals surface area (Å²) in [6, 6.07) is 5.41. The lowest BCUT2D eigenvalue weighted by molar-refractivity contribution is 0.160. The summed E-state index contributed by atoms with van der Waals surface area (Å²) >= 11 is 0. The molecule has 4 nitrogen and oxygen atoms in total. The van der Waals surface area contributed by atoms with Crippen LogP contribution < -0.4 is 15.0 Å². The summed E-state index contributed by atoms with van der Waals surface area (Å²) in [5, 5.41) is 8.56. The first-order valence-corrected chi connectivity index (χ1v) is 3.89. The molecule has 0 saturated carbocycles. The quantitative estimate of drug-likeness (QED) is 0.688. The molecule has 0 fully saturated rings. The minimum Gasteiger partial charge on any atom is -0.497 e. The first kappa shape index (κ1) is 9.83. The highest BCUT2D eigenvalue weighted by Gasteiger charge is 2.03. The molecule has 1 aromatic rings. The third-order valence-electron chi connectivity index (χ3n) is 1.76. The molecule has 0 aliphatic rings. The van der Waals surface area contributed by atoms with Gasteiger partial charge < -0.3 is 14.7 Å². The molecule has 0 spiro atoms. The van der Waals surface area contributed by atoms with E-state index >= 15 is 0 Å². The van der Waals surface area contributed by atoms with Crippen LogP contribution in [0, 0.1) is 0 Å². The summed E-state index contributed by atoms with van der Waals surface area (Å²) in [4.78, 5) is 0. The largest absolute Gasteiger partial charge is 0.497 e. The highest BCUT2D eigenvalue weighted by molar-refractivity contribution is 5.40. The van der Waals surface area contributed by atoms with Crippen molar-refractivity contribution < 1.29 is 14.7 Å². The Morgan fingerprint density at radius 2 is 2.08 bits per heavy atom.